The van der Waals surface area contributed by atoms with E-state index in [1.165, 1.54) is 102 Å². The van der Waals surface area contributed by atoms with Gasteiger partial charge in [0.2, 0.25) is 18.2 Å². The molecule has 7 aliphatic rings. The molecule has 0 atom stereocenters. The Hall–Kier alpha value is -6.02. The van der Waals surface area contributed by atoms with E-state index in [2.05, 4.69) is 187 Å². The smallest absolute Gasteiger partial charge is 0.229 e. The fourth-order valence-electron chi connectivity index (χ4n) is 12.0. The Balaban J connectivity index is 0.000000133. The summed E-state index contributed by atoms with van der Waals surface area (Å²) in [5.41, 5.74) is 0. The highest BCUT2D eigenvalue weighted by Gasteiger charge is 2.27. The summed E-state index contributed by atoms with van der Waals surface area (Å²) in [6, 6.07) is 0. The van der Waals surface area contributed by atoms with Crippen LogP contribution in [0.25, 0.3) is 0 Å². The van der Waals surface area contributed by atoms with Gasteiger partial charge in [0, 0.05) is 54.9 Å². The molecule has 7 aromatic heterocycles. The molecule has 7 saturated heterocycles. The van der Waals surface area contributed by atoms with Gasteiger partial charge in [0.1, 0.15) is 29.3 Å². The van der Waals surface area contributed by atoms with Gasteiger partial charge in [-0.3, -0.25) is 10.2 Å². The molecule has 0 spiro atoms. The molecule has 0 unspecified atom stereocenters. The van der Waals surface area contributed by atoms with Crippen molar-refractivity contribution in [3.63, 3.8) is 0 Å². The highest BCUT2D eigenvalue weighted by atomic mass is 32.1. The minimum atomic E-state index is 0.484. The molecule has 7 fully saturated rings. The van der Waals surface area contributed by atoms with Gasteiger partial charge in [-0.05, 0) is 260 Å². The van der Waals surface area contributed by atoms with Crippen molar-refractivity contribution >= 4 is 11.5 Å². The summed E-state index contributed by atoms with van der Waals surface area (Å²) >= 11 is 1.55. The van der Waals surface area contributed by atoms with Crippen molar-refractivity contribution in [2.45, 2.75) is 152 Å². The predicted molar refractivity (Wildman–Crippen MR) is 335 cm³/mol. The Kier molecular flexibility index (Phi) is 27.8. The molecule has 0 aliphatic carbocycles. The highest BCUT2D eigenvalue weighted by Crippen LogP contribution is 2.30. The zero-order chi connectivity index (χ0) is 62.0. The van der Waals surface area contributed by atoms with Crippen LogP contribution in [0.1, 0.15) is 190 Å². The number of nitrogens with one attached hydrogen (secondary N) is 3. The second kappa shape index (κ2) is 36.0. The third kappa shape index (κ3) is 22.2. The monoisotopic (exact) mass is 1240 g/mol. The van der Waals surface area contributed by atoms with Crippen molar-refractivity contribution in [1.29, 1.82) is 0 Å². The summed E-state index contributed by atoms with van der Waals surface area (Å²) in [5.74, 6) is 11.3. The third-order valence-electron chi connectivity index (χ3n) is 18.2. The van der Waals surface area contributed by atoms with Crippen molar-refractivity contribution in [1.82, 2.24) is 135 Å². The number of aryl methyl sites for hydroxylation is 3. The molecule has 0 aromatic carbocycles. The molecule has 7 aromatic rings. The maximum absolute atomic E-state index is 5.17. The fourth-order valence-corrected chi connectivity index (χ4v) is 12.7. The first kappa shape index (κ1) is 67.9. The SMILES string of the molecule is CCc1nc(C2CCN(C)CC2)n[nH]1.CN1CCC(c2ncn[nH]2)CC1.CN1CCC(c2ncns2)CC1.CN1CCC(c2nn[nH]n2)CC1.CN1CCC(c2nnco2)CC1.CN1CCC(c2nnnn2C)CC1.Cc1noc(C2CCN(C)CC2)n1. The normalized spacial score (nSPS) is 21.0. The number of rotatable bonds is 8. The van der Waals surface area contributed by atoms with E-state index in [0.29, 0.717) is 41.4 Å². The minimum Gasteiger partial charge on any atom is -0.428 e. The molecule has 0 amide bonds. The Bertz CT molecular complexity index is 2620. The molecule has 30 heteroatoms. The average molecular weight is 1240 g/mol. The Morgan fingerprint density at radius 3 is 1.42 bits per heavy atom. The van der Waals surface area contributed by atoms with Crippen LogP contribution in [0.5, 0.6) is 0 Å². The molecular formula is C58H101N27O2S. The van der Waals surface area contributed by atoms with Crippen LogP contribution in [0, 0.1) is 6.92 Å². The van der Waals surface area contributed by atoms with E-state index in [1.54, 1.807) is 28.9 Å². The van der Waals surface area contributed by atoms with Crippen LogP contribution in [0.2, 0.25) is 0 Å². The topological polar surface area (TPSA) is 307 Å². The van der Waals surface area contributed by atoms with Crippen LogP contribution in [0.15, 0.2) is 28.0 Å². The second-order valence-corrected chi connectivity index (χ2v) is 25.9. The van der Waals surface area contributed by atoms with Gasteiger partial charge in [-0.25, -0.2) is 19.6 Å². The Labute approximate surface area is 523 Å². The standard InChI is InChI=1S/C10H18N4.C9H15N3O.C8H15N5.C8H14N4.C8H13N3O.C8H13N3S.C7H13N5/c1-3-9-11-10(13-12-9)8-4-6-14(2)7-5-8;1-7-10-9(13-11-7)8-3-5-12(2)6-4-8;1-12-5-3-7(4-6-12)8-9-10-11-13(8)2;1-12-4-2-7(3-5-12)8-9-6-10-11-8;1-11-4-2-7(3-5-11)8-10-9-6-12-8;1-11-4-2-7(3-5-11)8-9-6-10-12-8;1-12-4-2-6(3-5-12)7-8-10-11-9-7/h8H,3-7H2,1-2H3,(H,11,12,13);8H,3-6H2,1-2H3;7H,3-6H2,1-2H3;6-7H,2-5H2,1H3,(H,9,10,11);2*6-7H,2-5H2,1H3;6H,2-5H2,1H3,(H,8,9,10,11). The lowest BCUT2D eigenvalue weighted by molar-refractivity contribution is 0.227. The van der Waals surface area contributed by atoms with Crippen LogP contribution in [0.4, 0.5) is 0 Å². The van der Waals surface area contributed by atoms with Crippen molar-refractivity contribution in [2.75, 3.05) is 141 Å². The zero-order valence-electron chi connectivity index (χ0n) is 54.2. The fraction of sp³-hybridized carbons (Fsp3) is 0.793. The summed E-state index contributed by atoms with van der Waals surface area (Å²) in [5, 5.41) is 52.4. The number of aromatic amines is 3. The average Bonchev–Trinajstić information content (AvgIpc) is 4.61. The highest BCUT2D eigenvalue weighted by molar-refractivity contribution is 7.05. The van der Waals surface area contributed by atoms with Crippen LogP contribution >= 0.6 is 11.5 Å². The summed E-state index contributed by atoms with van der Waals surface area (Å²) in [7, 11) is 17.0. The van der Waals surface area contributed by atoms with E-state index in [0.717, 1.165) is 144 Å². The molecular weight excluding hydrogens is 1140 g/mol. The molecule has 0 radical (unpaired) electrons. The van der Waals surface area contributed by atoms with Gasteiger partial charge >= 0.3 is 0 Å². The number of likely N-dealkylation sites (tertiary alicyclic amines) is 7. The van der Waals surface area contributed by atoms with Crippen LogP contribution in [0.3, 0.4) is 0 Å². The number of aromatic nitrogens is 20. The van der Waals surface area contributed by atoms with Crippen molar-refractivity contribution < 1.29 is 8.94 Å². The van der Waals surface area contributed by atoms with Crippen molar-refractivity contribution in [3.05, 3.63) is 70.8 Å². The van der Waals surface area contributed by atoms with Gasteiger partial charge in [0.05, 0.1) is 0 Å². The number of nitrogens with zero attached hydrogens (tertiary/aromatic N) is 24. The number of hydrogen-bond donors (Lipinski definition) is 3. The van der Waals surface area contributed by atoms with E-state index in [1.807, 2.05) is 14.0 Å². The minimum absolute atomic E-state index is 0.484. The first-order valence-electron chi connectivity index (χ1n) is 32.1. The summed E-state index contributed by atoms with van der Waals surface area (Å²) < 4.78 is 16.1. The van der Waals surface area contributed by atoms with Gasteiger partial charge in [0.15, 0.2) is 23.3 Å². The van der Waals surface area contributed by atoms with Gasteiger partial charge in [-0.1, -0.05) is 17.3 Å². The van der Waals surface area contributed by atoms with E-state index in [9.17, 15) is 0 Å². The van der Waals surface area contributed by atoms with Crippen LogP contribution in [-0.4, -0.2) is 276 Å². The van der Waals surface area contributed by atoms with E-state index < -0.39 is 0 Å². The van der Waals surface area contributed by atoms with Gasteiger partial charge in [0.25, 0.3) is 0 Å². The molecule has 0 saturated carbocycles. The molecule has 88 heavy (non-hydrogen) atoms. The Morgan fingerprint density at radius 2 is 1.01 bits per heavy atom. The number of H-pyrrole nitrogens is 3. The number of hydrogen-bond acceptors (Lipinski definition) is 26. The molecule has 3 N–H and O–H groups in total. The first-order chi connectivity index (χ1) is 42.8. The summed E-state index contributed by atoms with van der Waals surface area (Å²) in [4.78, 5) is 33.6. The molecule has 0 bridgehead atoms. The maximum Gasteiger partial charge on any atom is 0.229 e. The zero-order valence-corrected chi connectivity index (χ0v) is 55.1. The maximum atomic E-state index is 5.17. The van der Waals surface area contributed by atoms with Gasteiger partial charge in [-0.15, -0.1) is 25.5 Å². The number of tetrazole rings is 2. The predicted octanol–water partition coefficient (Wildman–Crippen LogP) is 5.23. The van der Waals surface area contributed by atoms with E-state index in [-0.39, 0.29) is 0 Å². The molecule has 7 aliphatic heterocycles. The summed E-state index contributed by atoms with van der Waals surface area (Å²) in [6.07, 6.45) is 22.1. The molecule has 14 rings (SSSR count). The third-order valence-corrected chi connectivity index (χ3v) is 19.0. The van der Waals surface area contributed by atoms with Crippen LogP contribution in [-0.2, 0) is 13.5 Å². The lowest BCUT2D eigenvalue weighted by Crippen LogP contribution is -2.30. The molecule has 486 valence electrons. The largest absolute Gasteiger partial charge is 0.428 e. The Morgan fingerprint density at radius 1 is 0.511 bits per heavy atom. The van der Waals surface area contributed by atoms with E-state index >= 15 is 0 Å². The van der Waals surface area contributed by atoms with Gasteiger partial charge in [-0.2, -0.15) is 24.8 Å². The lowest BCUT2D eigenvalue weighted by Gasteiger charge is -2.27. The van der Waals surface area contributed by atoms with E-state index in [4.69, 9.17) is 8.94 Å². The molecule has 29 nitrogen and oxygen atoms in total. The quantitative estimate of drug-likeness (QED) is 0.175. The first-order valence-corrected chi connectivity index (χ1v) is 32.9. The number of piperidine rings is 7. The summed E-state index contributed by atoms with van der Waals surface area (Å²) in [6.45, 7) is 20.1. The lowest BCUT2D eigenvalue weighted by atomic mass is 9.96. The van der Waals surface area contributed by atoms with Crippen molar-refractivity contribution in [3.8, 4) is 0 Å². The van der Waals surface area contributed by atoms with Crippen molar-refractivity contribution in [2.24, 2.45) is 7.05 Å². The molecule has 14 heterocycles. The second-order valence-electron chi connectivity index (χ2n) is 25.1. The van der Waals surface area contributed by atoms with Gasteiger partial charge < -0.3 is 43.2 Å². The van der Waals surface area contributed by atoms with Crippen LogP contribution < -0.4 is 0 Å².